The minimum Gasteiger partial charge on any atom is -0.462 e. The lowest BCUT2D eigenvalue weighted by Gasteiger charge is -2.15. The molecule has 0 radical (unpaired) electrons. The van der Waals surface area contributed by atoms with Gasteiger partial charge in [0.1, 0.15) is 0 Å². The molecule has 126 valence electrons. The zero-order valence-corrected chi connectivity index (χ0v) is 12.5. The maximum atomic E-state index is 13.3. The molecule has 0 aliphatic heterocycles. The molecule has 0 amide bonds. The van der Waals surface area contributed by atoms with Crippen molar-refractivity contribution in [3.8, 4) is 11.1 Å². The van der Waals surface area contributed by atoms with Gasteiger partial charge in [0.15, 0.2) is 0 Å². The third-order valence-corrected chi connectivity index (χ3v) is 3.24. The first-order chi connectivity index (χ1) is 11.3. The number of benzene rings is 2. The van der Waals surface area contributed by atoms with Gasteiger partial charge in [-0.3, -0.25) is 10.1 Å². The SMILES string of the molecule is CCOC(=O)c1cccc([N+](=O)[O-])c1-c1ccccc1C(F)(F)F. The van der Waals surface area contributed by atoms with E-state index in [9.17, 15) is 28.1 Å². The quantitative estimate of drug-likeness (QED) is 0.468. The van der Waals surface area contributed by atoms with E-state index in [2.05, 4.69) is 0 Å². The lowest BCUT2D eigenvalue weighted by molar-refractivity contribution is -0.384. The fraction of sp³-hybridized carbons (Fsp3) is 0.188. The number of nitro benzene ring substituents is 1. The number of hydrogen-bond acceptors (Lipinski definition) is 4. The molecule has 0 saturated carbocycles. The number of carbonyl (C=O) groups excluding carboxylic acids is 1. The van der Waals surface area contributed by atoms with Crippen LogP contribution in [0, 0.1) is 10.1 Å². The summed E-state index contributed by atoms with van der Waals surface area (Å²) in [6, 6.07) is 7.86. The maximum Gasteiger partial charge on any atom is 0.417 e. The predicted octanol–water partition coefficient (Wildman–Crippen LogP) is 4.46. The van der Waals surface area contributed by atoms with E-state index in [0.717, 1.165) is 18.2 Å². The van der Waals surface area contributed by atoms with Crippen molar-refractivity contribution >= 4 is 11.7 Å². The van der Waals surface area contributed by atoms with Gasteiger partial charge in [0, 0.05) is 11.6 Å². The van der Waals surface area contributed by atoms with E-state index in [0.29, 0.717) is 0 Å². The number of halogens is 3. The van der Waals surface area contributed by atoms with Crippen molar-refractivity contribution in [3.63, 3.8) is 0 Å². The molecule has 0 unspecified atom stereocenters. The Labute approximate surface area is 134 Å². The monoisotopic (exact) mass is 339 g/mol. The molecule has 0 spiro atoms. The number of ether oxygens (including phenoxy) is 1. The van der Waals surface area contributed by atoms with E-state index in [-0.39, 0.29) is 12.2 Å². The molecule has 0 heterocycles. The molecule has 0 aliphatic rings. The number of rotatable bonds is 4. The lowest BCUT2D eigenvalue weighted by atomic mass is 9.93. The predicted molar refractivity (Wildman–Crippen MR) is 79.5 cm³/mol. The topological polar surface area (TPSA) is 69.4 Å². The lowest BCUT2D eigenvalue weighted by Crippen LogP contribution is -2.11. The summed E-state index contributed by atoms with van der Waals surface area (Å²) in [6.45, 7) is 1.51. The van der Waals surface area contributed by atoms with Gasteiger partial charge in [-0.05, 0) is 19.1 Å². The number of nitro groups is 1. The smallest absolute Gasteiger partial charge is 0.417 e. The summed E-state index contributed by atoms with van der Waals surface area (Å²) in [5.74, 6) is -0.923. The van der Waals surface area contributed by atoms with Gasteiger partial charge >= 0.3 is 12.1 Å². The second-order valence-electron chi connectivity index (χ2n) is 4.72. The van der Waals surface area contributed by atoms with Crippen LogP contribution in [0.3, 0.4) is 0 Å². The Hall–Kier alpha value is -2.90. The highest BCUT2D eigenvalue weighted by molar-refractivity contribution is 6.00. The number of esters is 1. The molecule has 0 aromatic heterocycles. The average Bonchev–Trinajstić information content (AvgIpc) is 2.53. The summed E-state index contributed by atoms with van der Waals surface area (Å²) in [4.78, 5) is 22.5. The van der Waals surface area contributed by atoms with E-state index < -0.39 is 39.4 Å². The molecule has 0 bridgehead atoms. The molecule has 0 N–H and O–H groups in total. The summed E-state index contributed by atoms with van der Waals surface area (Å²) in [5, 5.41) is 11.3. The largest absolute Gasteiger partial charge is 0.462 e. The standard InChI is InChI=1S/C16H12F3NO4/c1-2-24-15(21)11-7-5-9-13(20(22)23)14(11)10-6-3-4-8-12(10)16(17,18)19/h3-9H,2H2,1H3. The van der Waals surface area contributed by atoms with Crippen molar-refractivity contribution in [1.29, 1.82) is 0 Å². The first-order valence-corrected chi connectivity index (χ1v) is 6.88. The van der Waals surface area contributed by atoms with Crippen molar-refractivity contribution in [2.24, 2.45) is 0 Å². The molecule has 24 heavy (non-hydrogen) atoms. The minimum atomic E-state index is -4.73. The van der Waals surface area contributed by atoms with Crippen LogP contribution < -0.4 is 0 Å². The van der Waals surface area contributed by atoms with Crippen LogP contribution in [-0.4, -0.2) is 17.5 Å². The molecule has 0 aliphatic carbocycles. The molecule has 0 fully saturated rings. The maximum absolute atomic E-state index is 13.3. The molecule has 0 atom stereocenters. The normalized spacial score (nSPS) is 11.2. The van der Waals surface area contributed by atoms with E-state index in [4.69, 9.17) is 4.74 Å². The summed E-state index contributed by atoms with van der Waals surface area (Å²) >= 11 is 0. The van der Waals surface area contributed by atoms with Gasteiger partial charge in [0.2, 0.25) is 0 Å². The summed E-state index contributed by atoms with van der Waals surface area (Å²) in [7, 11) is 0. The van der Waals surface area contributed by atoms with Crippen LogP contribution in [0.4, 0.5) is 18.9 Å². The first kappa shape index (κ1) is 17.5. The fourth-order valence-corrected chi connectivity index (χ4v) is 2.30. The van der Waals surface area contributed by atoms with Crippen LogP contribution in [0.25, 0.3) is 11.1 Å². The molecule has 2 aromatic carbocycles. The van der Waals surface area contributed by atoms with Gasteiger partial charge in [0.05, 0.1) is 28.2 Å². The first-order valence-electron chi connectivity index (χ1n) is 6.88. The Kier molecular flexibility index (Phi) is 4.87. The number of alkyl halides is 3. The van der Waals surface area contributed by atoms with Crippen LogP contribution >= 0.6 is 0 Å². The van der Waals surface area contributed by atoms with E-state index in [1.807, 2.05) is 0 Å². The molecule has 2 aromatic rings. The van der Waals surface area contributed by atoms with Gasteiger partial charge < -0.3 is 4.74 Å². The van der Waals surface area contributed by atoms with E-state index >= 15 is 0 Å². The molecular weight excluding hydrogens is 327 g/mol. The molecule has 0 saturated heterocycles. The third kappa shape index (κ3) is 3.37. The molecule has 2 rings (SSSR count). The summed E-state index contributed by atoms with van der Waals surface area (Å²) < 4.78 is 44.6. The molecular formula is C16H12F3NO4. The van der Waals surface area contributed by atoms with Crippen LogP contribution in [0.2, 0.25) is 0 Å². The zero-order valence-electron chi connectivity index (χ0n) is 12.5. The van der Waals surface area contributed by atoms with Crippen molar-refractivity contribution in [1.82, 2.24) is 0 Å². The van der Waals surface area contributed by atoms with Crippen molar-refractivity contribution in [3.05, 3.63) is 63.7 Å². The van der Waals surface area contributed by atoms with E-state index in [1.165, 1.54) is 31.2 Å². The second kappa shape index (κ2) is 6.69. The zero-order chi connectivity index (χ0) is 17.9. The third-order valence-electron chi connectivity index (χ3n) is 3.24. The molecule has 5 nitrogen and oxygen atoms in total. The van der Waals surface area contributed by atoms with Crippen LogP contribution in [-0.2, 0) is 10.9 Å². The highest BCUT2D eigenvalue weighted by Crippen LogP contribution is 2.41. The van der Waals surface area contributed by atoms with E-state index in [1.54, 1.807) is 0 Å². The molecule has 8 heteroatoms. The minimum absolute atomic E-state index is 0.0120. The van der Waals surface area contributed by atoms with Crippen molar-refractivity contribution < 1.29 is 27.6 Å². The highest BCUT2D eigenvalue weighted by atomic mass is 19.4. The average molecular weight is 339 g/mol. The summed E-state index contributed by atoms with van der Waals surface area (Å²) in [5.41, 5.74) is -2.81. The Morgan fingerprint density at radius 3 is 2.42 bits per heavy atom. The highest BCUT2D eigenvalue weighted by Gasteiger charge is 2.36. The number of carbonyl (C=O) groups is 1. The number of hydrogen-bond donors (Lipinski definition) is 0. The van der Waals surface area contributed by atoms with Gasteiger partial charge in [-0.2, -0.15) is 13.2 Å². The van der Waals surface area contributed by atoms with Gasteiger partial charge in [-0.25, -0.2) is 4.79 Å². The van der Waals surface area contributed by atoms with Gasteiger partial charge in [0.25, 0.3) is 5.69 Å². The van der Waals surface area contributed by atoms with Gasteiger partial charge in [-0.1, -0.05) is 24.3 Å². The van der Waals surface area contributed by atoms with Gasteiger partial charge in [-0.15, -0.1) is 0 Å². The van der Waals surface area contributed by atoms with Crippen LogP contribution in [0.5, 0.6) is 0 Å². The second-order valence-corrected chi connectivity index (χ2v) is 4.72. The van der Waals surface area contributed by atoms with Crippen LogP contribution in [0.15, 0.2) is 42.5 Å². The fourth-order valence-electron chi connectivity index (χ4n) is 2.30. The Bertz CT molecular complexity index is 787. The Balaban J connectivity index is 2.83. The summed E-state index contributed by atoms with van der Waals surface area (Å²) in [6.07, 6.45) is -4.73. The van der Waals surface area contributed by atoms with Crippen molar-refractivity contribution in [2.45, 2.75) is 13.1 Å². The van der Waals surface area contributed by atoms with Crippen LogP contribution in [0.1, 0.15) is 22.8 Å². The van der Waals surface area contributed by atoms with Crippen molar-refractivity contribution in [2.75, 3.05) is 6.61 Å². The Morgan fingerprint density at radius 2 is 1.83 bits per heavy atom. The number of nitrogens with zero attached hydrogens (tertiary/aromatic N) is 1. The Morgan fingerprint density at radius 1 is 1.17 bits per heavy atom.